The molecule has 0 atom stereocenters. The summed E-state index contributed by atoms with van der Waals surface area (Å²) >= 11 is 0. The van der Waals surface area contributed by atoms with Crippen LogP contribution in [0.3, 0.4) is 0 Å². The van der Waals surface area contributed by atoms with Gasteiger partial charge >= 0.3 is 0 Å². The largest absolute Gasteiger partial charge is 0.398 e. The number of hydrogen-bond acceptors (Lipinski definition) is 1. The van der Waals surface area contributed by atoms with Gasteiger partial charge in [0.1, 0.15) is 11.6 Å². The van der Waals surface area contributed by atoms with Gasteiger partial charge < -0.3 is 5.73 Å². The SMILES string of the molecule is Cc1ccc(-c2ccc(F)cc2F)c(N)c1. The monoisotopic (exact) mass is 219 g/mol. The van der Waals surface area contributed by atoms with E-state index in [0.29, 0.717) is 16.8 Å². The van der Waals surface area contributed by atoms with E-state index in [0.717, 1.165) is 11.6 Å². The molecule has 2 rings (SSSR count). The number of rotatable bonds is 1. The van der Waals surface area contributed by atoms with Crippen LogP contribution in [0.4, 0.5) is 14.5 Å². The van der Waals surface area contributed by atoms with Crippen molar-refractivity contribution in [1.29, 1.82) is 0 Å². The second kappa shape index (κ2) is 3.93. The fourth-order valence-electron chi connectivity index (χ4n) is 1.64. The van der Waals surface area contributed by atoms with Crippen molar-refractivity contribution in [2.75, 3.05) is 5.73 Å². The molecule has 0 saturated heterocycles. The number of halogens is 2. The maximum atomic E-state index is 13.5. The summed E-state index contributed by atoms with van der Waals surface area (Å²) in [6.45, 7) is 1.90. The molecular weight excluding hydrogens is 208 g/mol. The van der Waals surface area contributed by atoms with Crippen LogP contribution in [0.2, 0.25) is 0 Å². The van der Waals surface area contributed by atoms with Crippen molar-refractivity contribution in [2.24, 2.45) is 0 Å². The topological polar surface area (TPSA) is 26.0 Å². The van der Waals surface area contributed by atoms with E-state index >= 15 is 0 Å². The minimum Gasteiger partial charge on any atom is -0.398 e. The number of anilines is 1. The maximum Gasteiger partial charge on any atom is 0.134 e. The lowest BCUT2D eigenvalue weighted by Crippen LogP contribution is -1.93. The molecule has 16 heavy (non-hydrogen) atoms. The van der Waals surface area contributed by atoms with Crippen molar-refractivity contribution in [1.82, 2.24) is 0 Å². The molecule has 1 nitrogen and oxygen atoms in total. The van der Waals surface area contributed by atoms with Gasteiger partial charge in [-0.05, 0) is 30.7 Å². The van der Waals surface area contributed by atoms with Gasteiger partial charge in [-0.2, -0.15) is 0 Å². The Morgan fingerprint density at radius 3 is 2.25 bits per heavy atom. The minimum absolute atomic E-state index is 0.318. The lowest BCUT2D eigenvalue weighted by Gasteiger charge is -2.07. The van der Waals surface area contributed by atoms with Crippen LogP contribution in [0.25, 0.3) is 11.1 Å². The summed E-state index contributed by atoms with van der Waals surface area (Å²) in [6.07, 6.45) is 0. The molecule has 0 saturated carbocycles. The van der Waals surface area contributed by atoms with E-state index in [2.05, 4.69) is 0 Å². The number of nitrogens with two attached hydrogens (primary N) is 1. The van der Waals surface area contributed by atoms with Crippen LogP contribution in [-0.4, -0.2) is 0 Å². The van der Waals surface area contributed by atoms with E-state index in [9.17, 15) is 8.78 Å². The third-order valence-corrected chi connectivity index (χ3v) is 2.43. The van der Waals surface area contributed by atoms with Gasteiger partial charge in [-0.25, -0.2) is 8.78 Å². The number of hydrogen-bond donors (Lipinski definition) is 1. The van der Waals surface area contributed by atoms with E-state index in [1.807, 2.05) is 13.0 Å². The van der Waals surface area contributed by atoms with E-state index in [1.54, 1.807) is 12.1 Å². The summed E-state index contributed by atoms with van der Waals surface area (Å²) < 4.78 is 26.3. The van der Waals surface area contributed by atoms with Crippen LogP contribution in [-0.2, 0) is 0 Å². The second-order valence-corrected chi connectivity index (χ2v) is 3.71. The van der Waals surface area contributed by atoms with Crippen LogP contribution in [0.15, 0.2) is 36.4 Å². The van der Waals surface area contributed by atoms with Crippen molar-refractivity contribution in [3.05, 3.63) is 53.6 Å². The van der Waals surface area contributed by atoms with Crippen molar-refractivity contribution in [3.63, 3.8) is 0 Å². The Balaban J connectivity index is 2.59. The van der Waals surface area contributed by atoms with Crippen LogP contribution in [0.1, 0.15) is 5.56 Å². The summed E-state index contributed by atoms with van der Waals surface area (Å²) in [5.74, 6) is -1.19. The Labute approximate surface area is 92.5 Å². The van der Waals surface area contributed by atoms with Crippen molar-refractivity contribution >= 4 is 5.69 Å². The second-order valence-electron chi connectivity index (χ2n) is 3.71. The summed E-state index contributed by atoms with van der Waals surface area (Å²) in [6, 6.07) is 8.81. The van der Waals surface area contributed by atoms with E-state index in [1.165, 1.54) is 12.1 Å². The van der Waals surface area contributed by atoms with Gasteiger partial charge in [0.25, 0.3) is 0 Å². The fourth-order valence-corrected chi connectivity index (χ4v) is 1.64. The Bertz CT molecular complexity index is 486. The molecule has 3 heteroatoms. The molecule has 0 radical (unpaired) electrons. The maximum absolute atomic E-state index is 13.5. The zero-order chi connectivity index (χ0) is 11.7. The molecule has 0 amide bonds. The highest BCUT2D eigenvalue weighted by atomic mass is 19.1. The molecule has 0 aliphatic rings. The first kappa shape index (κ1) is 10.6. The molecule has 0 bridgehead atoms. The van der Waals surface area contributed by atoms with E-state index in [-0.39, 0.29) is 0 Å². The standard InChI is InChI=1S/C13H11F2N/c1-8-2-4-11(13(16)6-8)10-5-3-9(14)7-12(10)15/h2-7H,16H2,1H3. The lowest BCUT2D eigenvalue weighted by molar-refractivity contribution is 0.585. The van der Waals surface area contributed by atoms with Crippen LogP contribution >= 0.6 is 0 Å². The first-order valence-corrected chi connectivity index (χ1v) is 4.89. The number of aryl methyl sites for hydroxylation is 1. The van der Waals surface area contributed by atoms with Gasteiger partial charge in [-0.1, -0.05) is 12.1 Å². The van der Waals surface area contributed by atoms with Crippen LogP contribution in [0.5, 0.6) is 0 Å². The molecule has 0 fully saturated rings. The molecule has 0 spiro atoms. The summed E-state index contributed by atoms with van der Waals surface area (Å²) in [5, 5.41) is 0. The molecule has 82 valence electrons. The first-order chi connectivity index (χ1) is 7.58. The predicted molar refractivity (Wildman–Crippen MR) is 60.9 cm³/mol. The predicted octanol–water partition coefficient (Wildman–Crippen LogP) is 3.52. The van der Waals surface area contributed by atoms with Crippen molar-refractivity contribution < 1.29 is 8.78 Å². The average Bonchev–Trinajstić information content (AvgIpc) is 2.19. The molecule has 0 heterocycles. The number of benzene rings is 2. The molecule has 0 unspecified atom stereocenters. The van der Waals surface area contributed by atoms with Gasteiger partial charge in [0.05, 0.1) is 0 Å². The van der Waals surface area contributed by atoms with Gasteiger partial charge in [-0.3, -0.25) is 0 Å². The average molecular weight is 219 g/mol. The molecule has 2 aromatic rings. The number of nitrogen functional groups attached to an aromatic ring is 1. The Kier molecular flexibility index (Phi) is 2.60. The molecule has 0 aliphatic heterocycles. The molecule has 2 N–H and O–H groups in total. The zero-order valence-electron chi connectivity index (χ0n) is 8.80. The first-order valence-electron chi connectivity index (χ1n) is 4.89. The van der Waals surface area contributed by atoms with Gasteiger partial charge in [-0.15, -0.1) is 0 Å². The summed E-state index contributed by atoms with van der Waals surface area (Å²) in [4.78, 5) is 0. The highest BCUT2D eigenvalue weighted by molar-refractivity contribution is 5.77. The minimum atomic E-state index is -0.601. The summed E-state index contributed by atoms with van der Waals surface area (Å²) in [5.41, 5.74) is 8.20. The zero-order valence-corrected chi connectivity index (χ0v) is 8.80. The Hall–Kier alpha value is -1.90. The third kappa shape index (κ3) is 1.89. The third-order valence-electron chi connectivity index (χ3n) is 2.43. The van der Waals surface area contributed by atoms with Crippen molar-refractivity contribution in [3.8, 4) is 11.1 Å². The molecular formula is C13H11F2N. The van der Waals surface area contributed by atoms with Gasteiger partial charge in [0.15, 0.2) is 0 Å². The molecule has 0 aliphatic carbocycles. The highest BCUT2D eigenvalue weighted by Crippen LogP contribution is 2.29. The van der Waals surface area contributed by atoms with Crippen LogP contribution in [0, 0.1) is 18.6 Å². The molecule has 0 aromatic heterocycles. The van der Waals surface area contributed by atoms with Crippen LogP contribution < -0.4 is 5.73 Å². The summed E-state index contributed by atoms with van der Waals surface area (Å²) in [7, 11) is 0. The Morgan fingerprint density at radius 1 is 0.938 bits per heavy atom. The van der Waals surface area contributed by atoms with E-state index < -0.39 is 11.6 Å². The normalized spacial score (nSPS) is 10.4. The highest BCUT2D eigenvalue weighted by Gasteiger charge is 2.09. The lowest BCUT2D eigenvalue weighted by atomic mass is 10.0. The fraction of sp³-hybridized carbons (Fsp3) is 0.0769. The van der Waals surface area contributed by atoms with Crippen molar-refractivity contribution in [2.45, 2.75) is 6.92 Å². The Morgan fingerprint density at radius 2 is 1.62 bits per heavy atom. The smallest absolute Gasteiger partial charge is 0.134 e. The van der Waals surface area contributed by atoms with E-state index in [4.69, 9.17) is 5.73 Å². The quantitative estimate of drug-likeness (QED) is 0.729. The van der Waals surface area contributed by atoms with Gasteiger partial charge in [0.2, 0.25) is 0 Å². The van der Waals surface area contributed by atoms with Gasteiger partial charge in [0, 0.05) is 22.9 Å². The molecule has 2 aromatic carbocycles.